The summed E-state index contributed by atoms with van der Waals surface area (Å²) in [6, 6.07) is 0. The van der Waals surface area contributed by atoms with Crippen LogP contribution in [0.3, 0.4) is 0 Å². The molecule has 4 heteroatoms. The maximum Gasteiger partial charge on any atom is 0.240 e. The maximum absolute atomic E-state index is 11.7. The minimum absolute atomic E-state index is 0.102. The normalized spacial score (nSPS) is 20.9. The van der Waals surface area contributed by atoms with Crippen molar-refractivity contribution in [1.29, 1.82) is 0 Å². The van der Waals surface area contributed by atoms with Crippen LogP contribution in [0.5, 0.6) is 0 Å². The van der Waals surface area contributed by atoms with Crippen molar-refractivity contribution in [2.24, 2.45) is 0 Å². The van der Waals surface area contributed by atoms with Gasteiger partial charge in [0.15, 0.2) is 0 Å². The number of piperazine rings is 1. The van der Waals surface area contributed by atoms with E-state index in [0.29, 0.717) is 6.42 Å². The van der Waals surface area contributed by atoms with Crippen LogP contribution in [-0.2, 0) is 4.79 Å². The van der Waals surface area contributed by atoms with Gasteiger partial charge in [-0.15, -0.1) is 11.6 Å². The lowest BCUT2D eigenvalue weighted by molar-refractivity contribution is -0.132. The van der Waals surface area contributed by atoms with Crippen molar-refractivity contribution in [3.8, 4) is 0 Å². The Morgan fingerprint density at radius 2 is 1.86 bits per heavy atom. The second-order valence-corrected chi connectivity index (χ2v) is 4.16. The number of rotatable bonds is 3. The highest BCUT2D eigenvalue weighted by molar-refractivity contribution is 6.30. The molecule has 1 saturated heterocycles. The largest absolute Gasteiger partial charge is 0.339 e. The molecule has 0 unspecified atom stereocenters. The van der Waals surface area contributed by atoms with Gasteiger partial charge in [0.25, 0.3) is 0 Å². The predicted octanol–water partition coefficient (Wildman–Crippen LogP) is 1.17. The number of carbonyl (C=O) groups is 1. The van der Waals surface area contributed by atoms with E-state index in [4.69, 9.17) is 11.6 Å². The van der Waals surface area contributed by atoms with E-state index >= 15 is 0 Å². The molecular weight excluding hydrogens is 200 g/mol. The zero-order chi connectivity index (χ0) is 10.6. The Bertz CT molecular complexity index is 191. The summed E-state index contributed by atoms with van der Waals surface area (Å²) in [4.78, 5) is 15.9. The smallest absolute Gasteiger partial charge is 0.240 e. The van der Waals surface area contributed by atoms with Crippen LogP contribution in [-0.4, -0.2) is 53.8 Å². The fourth-order valence-electron chi connectivity index (χ4n) is 1.66. The third-order valence-electron chi connectivity index (χ3n) is 2.76. The molecular formula is C10H19ClN2O. The minimum atomic E-state index is -0.330. The van der Waals surface area contributed by atoms with Gasteiger partial charge >= 0.3 is 0 Å². The number of amides is 1. The van der Waals surface area contributed by atoms with Gasteiger partial charge in [0, 0.05) is 26.2 Å². The first-order valence-corrected chi connectivity index (χ1v) is 5.77. The number of carbonyl (C=O) groups excluding carboxylic acids is 1. The van der Waals surface area contributed by atoms with Crippen LogP contribution in [0.15, 0.2) is 0 Å². The van der Waals surface area contributed by atoms with Gasteiger partial charge in [0.05, 0.1) is 0 Å². The Morgan fingerprint density at radius 3 is 2.29 bits per heavy atom. The Kier molecular flexibility index (Phi) is 4.69. The van der Waals surface area contributed by atoms with E-state index in [1.165, 1.54) is 0 Å². The van der Waals surface area contributed by atoms with E-state index in [0.717, 1.165) is 32.7 Å². The Balaban J connectivity index is 2.37. The van der Waals surface area contributed by atoms with Crippen molar-refractivity contribution < 1.29 is 4.79 Å². The average molecular weight is 219 g/mol. The molecule has 0 spiro atoms. The van der Waals surface area contributed by atoms with E-state index in [1.54, 1.807) is 0 Å². The SMILES string of the molecule is CC[C@@H](Cl)C(=O)N1CCN(CC)CC1. The summed E-state index contributed by atoms with van der Waals surface area (Å²) in [6.07, 6.45) is 0.717. The highest BCUT2D eigenvalue weighted by Gasteiger charge is 2.24. The van der Waals surface area contributed by atoms with Crippen LogP contribution in [0, 0.1) is 0 Å². The minimum Gasteiger partial charge on any atom is -0.339 e. The maximum atomic E-state index is 11.7. The second kappa shape index (κ2) is 5.56. The van der Waals surface area contributed by atoms with Gasteiger partial charge in [-0.05, 0) is 13.0 Å². The van der Waals surface area contributed by atoms with Crippen LogP contribution in [0.2, 0.25) is 0 Å². The Hall–Kier alpha value is -0.280. The molecule has 1 fully saturated rings. The summed E-state index contributed by atoms with van der Waals surface area (Å²) in [5, 5.41) is -0.330. The van der Waals surface area contributed by atoms with Gasteiger partial charge in [-0.1, -0.05) is 13.8 Å². The van der Waals surface area contributed by atoms with E-state index in [-0.39, 0.29) is 11.3 Å². The van der Waals surface area contributed by atoms with Crippen molar-refractivity contribution in [1.82, 2.24) is 9.80 Å². The molecule has 0 aromatic carbocycles. The zero-order valence-corrected chi connectivity index (χ0v) is 9.76. The van der Waals surface area contributed by atoms with Gasteiger partial charge < -0.3 is 9.80 Å². The molecule has 1 rings (SSSR count). The number of nitrogens with zero attached hydrogens (tertiary/aromatic N) is 2. The number of likely N-dealkylation sites (N-methyl/N-ethyl adjacent to an activating group) is 1. The summed E-state index contributed by atoms with van der Waals surface area (Å²) in [6.45, 7) is 8.78. The molecule has 3 nitrogen and oxygen atoms in total. The van der Waals surface area contributed by atoms with Crippen molar-refractivity contribution in [3.05, 3.63) is 0 Å². The van der Waals surface area contributed by atoms with Gasteiger partial charge in [-0.2, -0.15) is 0 Å². The average Bonchev–Trinajstić information content (AvgIpc) is 2.27. The third kappa shape index (κ3) is 2.85. The van der Waals surface area contributed by atoms with Crippen LogP contribution in [0.1, 0.15) is 20.3 Å². The van der Waals surface area contributed by atoms with Gasteiger partial charge in [0.1, 0.15) is 5.38 Å². The van der Waals surface area contributed by atoms with Gasteiger partial charge in [-0.25, -0.2) is 0 Å². The lowest BCUT2D eigenvalue weighted by Crippen LogP contribution is -2.50. The summed E-state index contributed by atoms with van der Waals surface area (Å²) < 4.78 is 0. The molecule has 0 bridgehead atoms. The monoisotopic (exact) mass is 218 g/mol. The Morgan fingerprint density at radius 1 is 1.29 bits per heavy atom. The quantitative estimate of drug-likeness (QED) is 0.664. The Labute approximate surface area is 91.0 Å². The molecule has 1 heterocycles. The summed E-state index contributed by atoms with van der Waals surface area (Å²) in [7, 11) is 0. The number of hydrogen-bond acceptors (Lipinski definition) is 2. The molecule has 1 atom stereocenters. The molecule has 0 radical (unpaired) electrons. The van der Waals surface area contributed by atoms with E-state index in [9.17, 15) is 4.79 Å². The number of hydrogen-bond donors (Lipinski definition) is 0. The lowest BCUT2D eigenvalue weighted by Gasteiger charge is -2.34. The topological polar surface area (TPSA) is 23.6 Å². The molecule has 0 N–H and O–H groups in total. The number of alkyl halides is 1. The molecule has 14 heavy (non-hydrogen) atoms. The first kappa shape index (κ1) is 11.8. The van der Waals surface area contributed by atoms with Crippen LogP contribution in [0.4, 0.5) is 0 Å². The highest BCUT2D eigenvalue weighted by Crippen LogP contribution is 2.09. The van der Waals surface area contributed by atoms with Crippen LogP contribution < -0.4 is 0 Å². The predicted molar refractivity (Wildman–Crippen MR) is 58.6 cm³/mol. The van der Waals surface area contributed by atoms with Gasteiger partial charge in [0.2, 0.25) is 5.91 Å². The fourth-order valence-corrected chi connectivity index (χ4v) is 1.80. The van der Waals surface area contributed by atoms with E-state index < -0.39 is 0 Å². The molecule has 0 aromatic rings. The molecule has 0 aliphatic carbocycles. The van der Waals surface area contributed by atoms with Crippen LogP contribution in [0.25, 0.3) is 0 Å². The second-order valence-electron chi connectivity index (χ2n) is 3.64. The first-order chi connectivity index (χ1) is 6.69. The highest BCUT2D eigenvalue weighted by atomic mass is 35.5. The van der Waals surface area contributed by atoms with E-state index in [2.05, 4.69) is 11.8 Å². The van der Waals surface area contributed by atoms with Crippen molar-refractivity contribution in [2.75, 3.05) is 32.7 Å². The lowest BCUT2D eigenvalue weighted by atomic mass is 10.2. The molecule has 82 valence electrons. The van der Waals surface area contributed by atoms with E-state index in [1.807, 2.05) is 11.8 Å². The molecule has 0 aromatic heterocycles. The molecule has 1 aliphatic rings. The summed E-state index contributed by atoms with van der Waals surface area (Å²) in [5.74, 6) is 0.102. The molecule has 0 saturated carbocycles. The van der Waals surface area contributed by atoms with Crippen LogP contribution >= 0.6 is 11.6 Å². The van der Waals surface area contributed by atoms with Crippen molar-refractivity contribution in [2.45, 2.75) is 25.6 Å². The standard InChI is InChI=1S/C10H19ClN2O/c1-3-9(11)10(14)13-7-5-12(4-2)6-8-13/h9H,3-8H2,1-2H3/t9-/m1/s1. The molecule has 1 amide bonds. The summed E-state index contributed by atoms with van der Waals surface area (Å²) >= 11 is 5.91. The fraction of sp³-hybridized carbons (Fsp3) is 0.900. The van der Waals surface area contributed by atoms with Gasteiger partial charge in [-0.3, -0.25) is 4.79 Å². The number of halogens is 1. The first-order valence-electron chi connectivity index (χ1n) is 5.34. The zero-order valence-electron chi connectivity index (χ0n) is 9.00. The summed E-state index contributed by atoms with van der Waals surface area (Å²) in [5.41, 5.74) is 0. The van der Waals surface area contributed by atoms with Crippen molar-refractivity contribution in [3.63, 3.8) is 0 Å². The molecule has 1 aliphatic heterocycles. The van der Waals surface area contributed by atoms with Crippen molar-refractivity contribution >= 4 is 17.5 Å². The third-order valence-corrected chi connectivity index (χ3v) is 3.25.